The Kier molecular flexibility index (Phi) is 2.74. The molecular formula is C10H10N2OS. The van der Waals surface area contributed by atoms with Crippen LogP contribution < -0.4 is 4.74 Å². The molecule has 72 valence electrons. The van der Waals surface area contributed by atoms with E-state index in [2.05, 4.69) is 9.97 Å². The summed E-state index contributed by atoms with van der Waals surface area (Å²) in [5.74, 6) is 0. The second kappa shape index (κ2) is 4.19. The molecule has 0 amide bonds. The third-order valence-corrected chi connectivity index (χ3v) is 2.38. The highest BCUT2D eigenvalue weighted by Gasteiger charge is 1.98. The molecule has 0 bridgehead atoms. The van der Waals surface area contributed by atoms with E-state index in [1.165, 1.54) is 11.3 Å². The van der Waals surface area contributed by atoms with Crippen LogP contribution in [0.4, 0.5) is 0 Å². The van der Waals surface area contributed by atoms with Crippen molar-refractivity contribution in [1.29, 1.82) is 0 Å². The maximum atomic E-state index is 5.43. The van der Waals surface area contributed by atoms with Crippen molar-refractivity contribution < 1.29 is 4.74 Å². The summed E-state index contributed by atoms with van der Waals surface area (Å²) in [5.41, 5.74) is 1.94. The van der Waals surface area contributed by atoms with Crippen LogP contribution >= 0.6 is 11.3 Å². The summed E-state index contributed by atoms with van der Waals surface area (Å²) in [6, 6.07) is 5.89. The van der Waals surface area contributed by atoms with Crippen LogP contribution in [0.15, 0.2) is 29.8 Å². The van der Waals surface area contributed by atoms with Gasteiger partial charge in [0.1, 0.15) is 6.61 Å². The second-order valence-electron chi connectivity index (χ2n) is 2.86. The lowest BCUT2D eigenvalue weighted by atomic mass is 10.3. The molecule has 0 aromatic carbocycles. The lowest BCUT2D eigenvalue weighted by molar-refractivity contribution is 0.299. The Morgan fingerprint density at radius 3 is 3.07 bits per heavy atom. The standard InChI is InChI=1S/C10H10N2OS/c1-8-3-2-4-9(12-8)7-13-10-11-5-6-14-10/h2-6H,7H2,1H3. The smallest absolute Gasteiger partial charge is 0.273 e. The molecule has 2 aromatic rings. The summed E-state index contributed by atoms with van der Waals surface area (Å²) in [6.07, 6.45) is 1.73. The van der Waals surface area contributed by atoms with Crippen molar-refractivity contribution in [2.24, 2.45) is 0 Å². The Morgan fingerprint density at radius 1 is 1.43 bits per heavy atom. The zero-order chi connectivity index (χ0) is 9.80. The fourth-order valence-electron chi connectivity index (χ4n) is 1.10. The van der Waals surface area contributed by atoms with Gasteiger partial charge in [-0.1, -0.05) is 17.4 Å². The van der Waals surface area contributed by atoms with Crippen LogP contribution in [0.3, 0.4) is 0 Å². The first-order chi connectivity index (χ1) is 6.84. The third-order valence-electron chi connectivity index (χ3n) is 1.70. The van der Waals surface area contributed by atoms with Crippen molar-refractivity contribution in [3.8, 4) is 5.19 Å². The number of nitrogens with zero attached hydrogens (tertiary/aromatic N) is 2. The summed E-state index contributed by atoms with van der Waals surface area (Å²) in [7, 11) is 0. The summed E-state index contributed by atoms with van der Waals surface area (Å²) in [6.45, 7) is 2.45. The maximum absolute atomic E-state index is 5.43. The van der Waals surface area contributed by atoms with Crippen LogP contribution in [0, 0.1) is 6.92 Å². The molecule has 0 unspecified atom stereocenters. The average molecular weight is 206 g/mol. The Balaban J connectivity index is 1.98. The van der Waals surface area contributed by atoms with Gasteiger partial charge in [0.2, 0.25) is 0 Å². The van der Waals surface area contributed by atoms with Gasteiger partial charge in [0.25, 0.3) is 5.19 Å². The van der Waals surface area contributed by atoms with Crippen molar-refractivity contribution in [1.82, 2.24) is 9.97 Å². The third kappa shape index (κ3) is 2.29. The molecule has 4 heteroatoms. The van der Waals surface area contributed by atoms with Crippen LogP contribution in [-0.2, 0) is 6.61 Å². The van der Waals surface area contributed by atoms with E-state index in [1.54, 1.807) is 6.20 Å². The van der Waals surface area contributed by atoms with Gasteiger partial charge >= 0.3 is 0 Å². The second-order valence-corrected chi connectivity index (χ2v) is 3.71. The Labute approximate surface area is 86.4 Å². The largest absolute Gasteiger partial charge is 0.464 e. The van der Waals surface area contributed by atoms with Crippen LogP contribution in [0.1, 0.15) is 11.4 Å². The van der Waals surface area contributed by atoms with E-state index in [-0.39, 0.29) is 0 Å². The molecule has 2 aromatic heterocycles. The number of pyridine rings is 1. The Bertz CT molecular complexity index is 400. The normalized spacial score (nSPS) is 10.1. The van der Waals surface area contributed by atoms with Crippen LogP contribution in [0.25, 0.3) is 0 Å². The molecule has 2 heterocycles. The highest BCUT2D eigenvalue weighted by Crippen LogP contribution is 2.14. The summed E-state index contributed by atoms with van der Waals surface area (Å²) in [5, 5.41) is 2.58. The van der Waals surface area contributed by atoms with E-state index >= 15 is 0 Å². The van der Waals surface area contributed by atoms with E-state index in [9.17, 15) is 0 Å². The molecule has 0 spiro atoms. The lowest BCUT2D eigenvalue weighted by Gasteiger charge is -2.01. The molecule has 0 aliphatic heterocycles. The van der Waals surface area contributed by atoms with Gasteiger partial charge in [0.15, 0.2) is 0 Å². The van der Waals surface area contributed by atoms with Gasteiger partial charge in [0, 0.05) is 17.3 Å². The van der Waals surface area contributed by atoms with Gasteiger partial charge in [-0.05, 0) is 19.1 Å². The summed E-state index contributed by atoms with van der Waals surface area (Å²) >= 11 is 1.49. The quantitative estimate of drug-likeness (QED) is 0.773. The average Bonchev–Trinajstić information content (AvgIpc) is 2.67. The first-order valence-electron chi connectivity index (χ1n) is 4.29. The van der Waals surface area contributed by atoms with E-state index < -0.39 is 0 Å². The molecule has 3 nitrogen and oxygen atoms in total. The number of hydrogen-bond donors (Lipinski definition) is 0. The summed E-state index contributed by atoms with van der Waals surface area (Å²) in [4.78, 5) is 8.35. The van der Waals surface area contributed by atoms with E-state index in [0.29, 0.717) is 11.8 Å². The maximum Gasteiger partial charge on any atom is 0.273 e. The zero-order valence-electron chi connectivity index (χ0n) is 7.80. The molecule has 0 radical (unpaired) electrons. The molecule has 0 saturated carbocycles. The highest BCUT2D eigenvalue weighted by atomic mass is 32.1. The van der Waals surface area contributed by atoms with Crippen molar-refractivity contribution in [2.75, 3.05) is 0 Å². The lowest BCUT2D eigenvalue weighted by Crippen LogP contribution is -1.98. The first kappa shape index (κ1) is 9.15. The molecular weight excluding hydrogens is 196 g/mol. The predicted octanol–water partition coefficient (Wildman–Crippen LogP) is 2.43. The van der Waals surface area contributed by atoms with Crippen molar-refractivity contribution in [3.05, 3.63) is 41.2 Å². The molecule has 0 atom stereocenters. The van der Waals surface area contributed by atoms with Gasteiger partial charge in [-0.15, -0.1) is 0 Å². The molecule has 14 heavy (non-hydrogen) atoms. The van der Waals surface area contributed by atoms with Crippen molar-refractivity contribution in [2.45, 2.75) is 13.5 Å². The van der Waals surface area contributed by atoms with Crippen molar-refractivity contribution >= 4 is 11.3 Å². The minimum absolute atomic E-state index is 0.481. The van der Waals surface area contributed by atoms with Crippen LogP contribution in [0.5, 0.6) is 5.19 Å². The van der Waals surface area contributed by atoms with Crippen molar-refractivity contribution in [3.63, 3.8) is 0 Å². The number of rotatable bonds is 3. The highest BCUT2D eigenvalue weighted by molar-refractivity contribution is 7.11. The molecule has 2 rings (SSSR count). The van der Waals surface area contributed by atoms with Crippen LogP contribution in [0.2, 0.25) is 0 Å². The fraction of sp³-hybridized carbons (Fsp3) is 0.200. The first-order valence-corrected chi connectivity index (χ1v) is 5.17. The van der Waals surface area contributed by atoms with E-state index in [0.717, 1.165) is 11.4 Å². The minimum atomic E-state index is 0.481. The van der Waals surface area contributed by atoms with E-state index in [1.807, 2.05) is 30.5 Å². The monoisotopic (exact) mass is 206 g/mol. The van der Waals surface area contributed by atoms with Gasteiger partial charge < -0.3 is 4.74 Å². The zero-order valence-corrected chi connectivity index (χ0v) is 8.62. The topological polar surface area (TPSA) is 35.0 Å². The molecule has 0 aliphatic rings. The predicted molar refractivity (Wildman–Crippen MR) is 55.4 cm³/mol. The number of aryl methyl sites for hydroxylation is 1. The number of hydrogen-bond acceptors (Lipinski definition) is 4. The SMILES string of the molecule is Cc1cccc(COc2nccs2)n1. The fourth-order valence-corrected chi connectivity index (χ4v) is 1.58. The van der Waals surface area contributed by atoms with E-state index in [4.69, 9.17) is 4.74 Å². The van der Waals surface area contributed by atoms with Gasteiger partial charge in [-0.25, -0.2) is 4.98 Å². The van der Waals surface area contributed by atoms with Gasteiger partial charge in [-0.3, -0.25) is 4.98 Å². The molecule has 0 aliphatic carbocycles. The number of aromatic nitrogens is 2. The molecule has 0 saturated heterocycles. The Hall–Kier alpha value is -1.42. The molecule has 0 fully saturated rings. The van der Waals surface area contributed by atoms with Gasteiger partial charge in [-0.2, -0.15) is 0 Å². The van der Waals surface area contributed by atoms with Gasteiger partial charge in [0.05, 0.1) is 5.69 Å². The molecule has 0 N–H and O–H groups in total. The minimum Gasteiger partial charge on any atom is -0.464 e. The number of thiazole rings is 1. The Morgan fingerprint density at radius 2 is 2.36 bits per heavy atom. The van der Waals surface area contributed by atoms with Crippen LogP contribution in [-0.4, -0.2) is 9.97 Å². The number of ether oxygens (including phenoxy) is 1. The summed E-state index contributed by atoms with van der Waals surface area (Å²) < 4.78 is 5.43.